The summed E-state index contributed by atoms with van der Waals surface area (Å²) in [7, 11) is 0. The Balaban J connectivity index is 2.91. The Hall–Kier alpha value is -1.14. The Morgan fingerprint density at radius 1 is 1.40 bits per heavy atom. The molecule has 0 amide bonds. The van der Waals surface area contributed by atoms with Crippen molar-refractivity contribution in [3.63, 3.8) is 0 Å². The van der Waals surface area contributed by atoms with E-state index >= 15 is 0 Å². The van der Waals surface area contributed by atoms with E-state index in [4.69, 9.17) is 10.8 Å². The standard InChI is InChI=1S/C9H11F3N2O/c1-5(15)8(13)6-2-3-7(14-4-6)9(10,11)12/h2-5,8,15H,13H2,1H3/t5?,8-/m0/s1. The normalized spacial score (nSPS) is 16.1. The van der Waals surface area contributed by atoms with E-state index in [1.165, 1.54) is 13.0 Å². The number of pyridine rings is 1. The van der Waals surface area contributed by atoms with Gasteiger partial charge in [-0.2, -0.15) is 13.2 Å². The fraction of sp³-hybridized carbons (Fsp3) is 0.444. The molecule has 0 aliphatic rings. The van der Waals surface area contributed by atoms with Gasteiger partial charge in [-0.15, -0.1) is 0 Å². The minimum absolute atomic E-state index is 0.373. The van der Waals surface area contributed by atoms with Gasteiger partial charge in [0.2, 0.25) is 0 Å². The number of nitrogens with zero attached hydrogens (tertiary/aromatic N) is 1. The van der Waals surface area contributed by atoms with Crippen molar-refractivity contribution in [2.45, 2.75) is 25.2 Å². The van der Waals surface area contributed by atoms with Crippen LogP contribution in [0, 0.1) is 0 Å². The molecular formula is C9H11F3N2O. The molecule has 0 aliphatic carbocycles. The van der Waals surface area contributed by atoms with Gasteiger partial charge in [-0.05, 0) is 18.6 Å². The number of aliphatic hydroxyl groups excluding tert-OH is 1. The zero-order valence-corrected chi connectivity index (χ0v) is 7.99. The number of rotatable bonds is 2. The lowest BCUT2D eigenvalue weighted by atomic mass is 10.1. The van der Waals surface area contributed by atoms with Crippen LogP contribution in [0.1, 0.15) is 24.2 Å². The summed E-state index contributed by atoms with van der Waals surface area (Å²) in [5, 5.41) is 9.13. The van der Waals surface area contributed by atoms with Gasteiger partial charge in [0.15, 0.2) is 0 Å². The first kappa shape index (κ1) is 11.9. The lowest BCUT2D eigenvalue weighted by Gasteiger charge is -2.15. The average molecular weight is 220 g/mol. The molecule has 0 aromatic carbocycles. The Kier molecular flexibility index (Phi) is 3.31. The van der Waals surface area contributed by atoms with Crippen molar-refractivity contribution in [1.29, 1.82) is 0 Å². The summed E-state index contributed by atoms with van der Waals surface area (Å²) < 4.78 is 36.4. The molecule has 3 N–H and O–H groups in total. The van der Waals surface area contributed by atoms with Crippen molar-refractivity contribution in [3.05, 3.63) is 29.6 Å². The van der Waals surface area contributed by atoms with Gasteiger partial charge < -0.3 is 10.8 Å². The van der Waals surface area contributed by atoms with Crippen molar-refractivity contribution < 1.29 is 18.3 Å². The van der Waals surface area contributed by atoms with E-state index in [1.54, 1.807) is 0 Å². The highest BCUT2D eigenvalue weighted by Gasteiger charge is 2.32. The van der Waals surface area contributed by atoms with E-state index in [0.29, 0.717) is 5.56 Å². The van der Waals surface area contributed by atoms with Crippen LogP contribution in [0.5, 0.6) is 0 Å². The van der Waals surface area contributed by atoms with E-state index in [-0.39, 0.29) is 0 Å². The van der Waals surface area contributed by atoms with Gasteiger partial charge in [0.05, 0.1) is 12.1 Å². The van der Waals surface area contributed by atoms with Crippen molar-refractivity contribution in [1.82, 2.24) is 4.98 Å². The SMILES string of the molecule is CC(O)[C@H](N)c1ccc(C(F)(F)F)nc1. The minimum atomic E-state index is -4.45. The highest BCUT2D eigenvalue weighted by Crippen LogP contribution is 2.27. The molecule has 0 bridgehead atoms. The van der Waals surface area contributed by atoms with E-state index < -0.39 is 24.0 Å². The molecule has 1 aromatic rings. The molecule has 1 unspecified atom stereocenters. The van der Waals surface area contributed by atoms with Gasteiger partial charge >= 0.3 is 6.18 Å². The third-order valence-electron chi connectivity index (χ3n) is 1.98. The average Bonchev–Trinajstić information content (AvgIpc) is 2.15. The first-order chi connectivity index (χ1) is 6.82. The fourth-order valence-corrected chi connectivity index (χ4v) is 1.05. The number of aliphatic hydroxyl groups is 1. The van der Waals surface area contributed by atoms with Gasteiger partial charge in [0.1, 0.15) is 5.69 Å². The van der Waals surface area contributed by atoms with Crippen LogP contribution in [0.15, 0.2) is 18.3 Å². The third kappa shape index (κ3) is 2.90. The van der Waals surface area contributed by atoms with Crippen LogP contribution in [0.4, 0.5) is 13.2 Å². The van der Waals surface area contributed by atoms with E-state index in [9.17, 15) is 13.2 Å². The molecule has 0 saturated heterocycles. The number of aromatic nitrogens is 1. The van der Waals surface area contributed by atoms with Crippen LogP contribution in [-0.4, -0.2) is 16.2 Å². The Labute approximate surface area is 84.7 Å². The zero-order chi connectivity index (χ0) is 11.6. The van der Waals surface area contributed by atoms with Crippen molar-refractivity contribution >= 4 is 0 Å². The number of hydrogen-bond acceptors (Lipinski definition) is 3. The Morgan fingerprint density at radius 3 is 2.33 bits per heavy atom. The summed E-state index contributed by atoms with van der Waals surface area (Å²) in [6.45, 7) is 1.46. The van der Waals surface area contributed by atoms with Crippen molar-refractivity contribution in [3.8, 4) is 0 Å². The molecule has 84 valence electrons. The van der Waals surface area contributed by atoms with Gasteiger partial charge in [-0.3, -0.25) is 4.98 Å². The smallest absolute Gasteiger partial charge is 0.391 e. The van der Waals surface area contributed by atoms with Gasteiger partial charge in [-0.1, -0.05) is 6.07 Å². The molecule has 0 spiro atoms. The second-order valence-corrected chi connectivity index (χ2v) is 3.24. The van der Waals surface area contributed by atoms with E-state index in [2.05, 4.69) is 4.98 Å². The molecule has 2 atom stereocenters. The fourth-order valence-electron chi connectivity index (χ4n) is 1.05. The molecular weight excluding hydrogens is 209 g/mol. The molecule has 6 heteroatoms. The van der Waals surface area contributed by atoms with Crippen LogP contribution in [0.25, 0.3) is 0 Å². The largest absolute Gasteiger partial charge is 0.433 e. The van der Waals surface area contributed by atoms with E-state index in [0.717, 1.165) is 12.3 Å². The van der Waals surface area contributed by atoms with Gasteiger partial charge in [-0.25, -0.2) is 0 Å². The second-order valence-electron chi connectivity index (χ2n) is 3.24. The summed E-state index contributed by atoms with van der Waals surface area (Å²) in [6, 6.07) is 1.34. The molecule has 1 heterocycles. The first-order valence-corrected chi connectivity index (χ1v) is 4.29. The molecule has 1 aromatic heterocycles. The minimum Gasteiger partial charge on any atom is -0.391 e. The molecule has 0 radical (unpaired) electrons. The molecule has 3 nitrogen and oxygen atoms in total. The van der Waals surface area contributed by atoms with Crippen LogP contribution in [-0.2, 0) is 6.18 Å². The van der Waals surface area contributed by atoms with Crippen LogP contribution >= 0.6 is 0 Å². The second kappa shape index (κ2) is 4.16. The maximum Gasteiger partial charge on any atom is 0.433 e. The van der Waals surface area contributed by atoms with E-state index in [1.807, 2.05) is 0 Å². The van der Waals surface area contributed by atoms with Crippen LogP contribution < -0.4 is 5.73 Å². The topological polar surface area (TPSA) is 59.1 Å². The molecule has 0 fully saturated rings. The number of halogens is 3. The summed E-state index contributed by atoms with van der Waals surface area (Å²) in [6.07, 6.45) is -4.25. The highest BCUT2D eigenvalue weighted by atomic mass is 19.4. The summed E-state index contributed by atoms with van der Waals surface area (Å²) in [4.78, 5) is 3.24. The number of hydrogen-bond donors (Lipinski definition) is 2. The Morgan fingerprint density at radius 2 is 2.00 bits per heavy atom. The monoisotopic (exact) mass is 220 g/mol. The highest BCUT2D eigenvalue weighted by molar-refractivity contribution is 5.19. The predicted molar refractivity (Wildman–Crippen MR) is 47.8 cm³/mol. The lowest BCUT2D eigenvalue weighted by Crippen LogP contribution is -2.23. The van der Waals surface area contributed by atoms with Crippen LogP contribution in [0.2, 0.25) is 0 Å². The van der Waals surface area contributed by atoms with Crippen molar-refractivity contribution in [2.75, 3.05) is 0 Å². The summed E-state index contributed by atoms with van der Waals surface area (Å²) in [5.41, 5.74) is 4.93. The number of alkyl halides is 3. The maximum atomic E-state index is 12.1. The molecule has 0 aliphatic heterocycles. The predicted octanol–water partition coefficient (Wildman–Crippen LogP) is 1.48. The molecule has 0 saturated carbocycles. The first-order valence-electron chi connectivity index (χ1n) is 4.29. The van der Waals surface area contributed by atoms with Gasteiger partial charge in [0, 0.05) is 6.20 Å². The van der Waals surface area contributed by atoms with Gasteiger partial charge in [0.25, 0.3) is 0 Å². The molecule has 15 heavy (non-hydrogen) atoms. The third-order valence-corrected chi connectivity index (χ3v) is 1.98. The quantitative estimate of drug-likeness (QED) is 0.793. The summed E-state index contributed by atoms with van der Waals surface area (Å²) >= 11 is 0. The Bertz CT molecular complexity index is 321. The lowest BCUT2D eigenvalue weighted by molar-refractivity contribution is -0.141. The number of nitrogens with two attached hydrogens (primary N) is 1. The van der Waals surface area contributed by atoms with Crippen LogP contribution in [0.3, 0.4) is 0 Å². The summed E-state index contributed by atoms with van der Waals surface area (Å²) in [5.74, 6) is 0. The maximum absolute atomic E-state index is 12.1. The van der Waals surface area contributed by atoms with Crippen molar-refractivity contribution in [2.24, 2.45) is 5.73 Å². The zero-order valence-electron chi connectivity index (χ0n) is 7.99. The molecule has 1 rings (SSSR count).